The summed E-state index contributed by atoms with van der Waals surface area (Å²) in [7, 11) is 2.13. The first-order chi connectivity index (χ1) is 8.63. The van der Waals surface area contributed by atoms with E-state index in [9.17, 15) is 0 Å². The van der Waals surface area contributed by atoms with Crippen molar-refractivity contribution in [2.45, 2.75) is 13.0 Å². The maximum Gasteiger partial charge on any atom is 0.0931 e. The molecule has 0 unspecified atom stereocenters. The van der Waals surface area contributed by atoms with Crippen LogP contribution in [0.5, 0.6) is 0 Å². The minimum Gasteiger partial charge on any atom is -0.399 e. The predicted molar refractivity (Wildman–Crippen MR) is 80.2 cm³/mol. The number of nitrogen functional groups attached to an aromatic ring is 1. The van der Waals surface area contributed by atoms with Crippen LogP contribution in [0, 0.1) is 0 Å². The van der Waals surface area contributed by atoms with Crippen molar-refractivity contribution in [1.29, 1.82) is 0 Å². The molecule has 2 rings (SSSR count). The van der Waals surface area contributed by atoms with Crippen molar-refractivity contribution >= 4 is 28.6 Å². The molecule has 2 aromatic rings. The maximum atomic E-state index is 5.92. The van der Waals surface area contributed by atoms with E-state index < -0.39 is 0 Å². The molecule has 0 aliphatic rings. The van der Waals surface area contributed by atoms with Crippen LogP contribution in [0.4, 0.5) is 5.69 Å². The fourth-order valence-corrected chi connectivity index (χ4v) is 2.95. The zero-order chi connectivity index (χ0) is 13.0. The number of nitrogens with two attached hydrogens (primary N) is 1. The van der Waals surface area contributed by atoms with Gasteiger partial charge < -0.3 is 10.6 Å². The summed E-state index contributed by atoms with van der Waals surface area (Å²) < 4.78 is 0.858. The van der Waals surface area contributed by atoms with E-state index in [1.165, 1.54) is 10.4 Å². The Bertz CT molecular complexity index is 493. The van der Waals surface area contributed by atoms with Crippen LogP contribution in [-0.4, -0.2) is 18.5 Å². The minimum atomic E-state index is 0.820. The largest absolute Gasteiger partial charge is 0.399 e. The Morgan fingerprint density at radius 1 is 1.17 bits per heavy atom. The van der Waals surface area contributed by atoms with Crippen molar-refractivity contribution < 1.29 is 0 Å². The zero-order valence-electron chi connectivity index (χ0n) is 10.4. The molecule has 0 fully saturated rings. The van der Waals surface area contributed by atoms with E-state index in [1.54, 1.807) is 11.3 Å². The van der Waals surface area contributed by atoms with Gasteiger partial charge >= 0.3 is 0 Å². The highest BCUT2D eigenvalue weighted by molar-refractivity contribution is 7.16. The summed E-state index contributed by atoms with van der Waals surface area (Å²) in [5.41, 5.74) is 7.81. The Balaban J connectivity index is 1.81. The molecule has 0 atom stereocenters. The smallest absolute Gasteiger partial charge is 0.0931 e. The molecule has 0 aliphatic carbocycles. The SMILES string of the molecule is CN(CCc1ccc(N)cc1)Cc1ccc(Cl)s1. The third-order valence-electron chi connectivity index (χ3n) is 2.82. The molecule has 96 valence electrons. The van der Waals surface area contributed by atoms with Crippen molar-refractivity contribution in [3.8, 4) is 0 Å². The molecule has 0 aliphatic heterocycles. The summed E-state index contributed by atoms with van der Waals surface area (Å²) in [4.78, 5) is 3.61. The van der Waals surface area contributed by atoms with Crippen LogP contribution in [0.1, 0.15) is 10.4 Å². The van der Waals surface area contributed by atoms with Crippen molar-refractivity contribution in [3.63, 3.8) is 0 Å². The quantitative estimate of drug-likeness (QED) is 0.847. The monoisotopic (exact) mass is 280 g/mol. The second kappa shape index (κ2) is 6.23. The fourth-order valence-electron chi connectivity index (χ4n) is 1.79. The second-order valence-corrected chi connectivity index (χ2v) is 6.23. The number of rotatable bonds is 5. The fraction of sp³-hybridized carbons (Fsp3) is 0.286. The van der Waals surface area contributed by atoms with Gasteiger partial charge in [0.2, 0.25) is 0 Å². The number of halogens is 1. The Morgan fingerprint density at radius 2 is 1.89 bits per heavy atom. The Kier molecular flexibility index (Phi) is 4.64. The molecule has 0 saturated heterocycles. The van der Waals surface area contributed by atoms with Gasteiger partial charge in [0, 0.05) is 23.7 Å². The van der Waals surface area contributed by atoms with Crippen LogP contribution in [0.3, 0.4) is 0 Å². The van der Waals surface area contributed by atoms with Crippen LogP contribution in [0.25, 0.3) is 0 Å². The molecule has 0 bridgehead atoms. The summed E-state index contributed by atoms with van der Waals surface area (Å²) in [6.45, 7) is 1.98. The standard InChI is InChI=1S/C14H17ClN2S/c1-17(10-13-6-7-14(15)18-13)9-8-11-2-4-12(16)5-3-11/h2-7H,8-10,16H2,1H3. The Morgan fingerprint density at radius 3 is 2.50 bits per heavy atom. The maximum absolute atomic E-state index is 5.92. The van der Waals surface area contributed by atoms with Crippen LogP contribution >= 0.6 is 22.9 Å². The number of nitrogens with zero attached hydrogens (tertiary/aromatic N) is 1. The number of likely N-dealkylation sites (N-methyl/N-ethyl adjacent to an activating group) is 1. The van der Waals surface area contributed by atoms with E-state index in [2.05, 4.69) is 30.1 Å². The van der Waals surface area contributed by atoms with Crippen molar-refractivity contribution in [2.24, 2.45) is 0 Å². The molecule has 4 heteroatoms. The topological polar surface area (TPSA) is 29.3 Å². The summed E-state index contributed by atoms with van der Waals surface area (Å²) in [5.74, 6) is 0. The molecule has 0 spiro atoms. The number of hydrogen-bond donors (Lipinski definition) is 1. The lowest BCUT2D eigenvalue weighted by Crippen LogP contribution is -2.20. The average molecular weight is 281 g/mol. The highest BCUT2D eigenvalue weighted by Gasteiger charge is 2.03. The van der Waals surface area contributed by atoms with Gasteiger partial charge in [-0.25, -0.2) is 0 Å². The summed E-state index contributed by atoms with van der Waals surface area (Å²) in [5, 5.41) is 0. The average Bonchev–Trinajstić information content (AvgIpc) is 2.74. The highest BCUT2D eigenvalue weighted by atomic mass is 35.5. The normalized spacial score (nSPS) is 11.1. The molecular formula is C14H17ClN2S. The molecular weight excluding hydrogens is 264 g/mol. The van der Waals surface area contributed by atoms with Gasteiger partial charge in [-0.3, -0.25) is 0 Å². The van der Waals surface area contributed by atoms with E-state index in [4.69, 9.17) is 17.3 Å². The van der Waals surface area contributed by atoms with Crippen molar-refractivity contribution in [1.82, 2.24) is 4.90 Å². The molecule has 2 nitrogen and oxygen atoms in total. The lowest BCUT2D eigenvalue weighted by atomic mass is 10.1. The number of benzene rings is 1. The molecule has 0 saturated carbocycles. The Hall–Kier alpha value is -1.03. The van der Waals surface area contributed by atoms with E-state index in [-0.39, 0.29) is 0 Å². The molecule has 18 heavy (non-hydrogen) atoms. The van der Waals surface area contributed by atoms with E-state index >= 15 is 0 Å². The third-order valence-corrected chi connectivity index (χ3v) is 4.03. The van der Waals surface area contributed by atoms with Gasteiger partial charge in [-0.05, 0) is 43.3 Å². The van der Waals surface area contributed by atoms with Gasteiger partial charge in [-0.15, -0.1) is 11.3 Å². The lowest BCUT2D eigenvalue weighted by molar-refractivity contribution is 0.334. The Labute approximate surface area is 117 Å². The molecule has 2 N–H and O–H groups in total. The number of anilines is 1. The predicted octanol–water partition coefficient (Wildman–Crippen LogP) is 3.66. The second-order valence-electron chi connectivity index (χ2n) is 4.44. The van der Waals surface area contributed by atoms with Crippen LogP contribution in [-0.2, 0) is 13.0 Å². The van der Waals surface area contributed by atoms with Gasteiger partial charge in [0.15, 0.2) is 0 Å². The number of thiophene rings is 1. The molecule has 1 aromatic heterocycles. The number of hydrogen-bond acceptors (Lipinski definition) is 3. The first-order valence-electron chi connectivity index (χ1n) is 5.90. The minimum absolute atomic E-state index is 0.820. The molecule has 0 amide bonds. The van der Waals surface area contributed by atoms with Gasteiger partial charge in [-0.2, -0.15) is 0 Å². The van der Waals surface area contributed by atoms with E-state index in [0.717, 1.165) is 29.5 Å². The van der Waals surface area contributed by atoms with Crippen molar-refractivity contribution in [2.75, 3.05) is 19.3 Å². The van der Waals surface area contributed by atoms with Crippen LogP contribution in [0.15, 0.2) is 36.4 Å². The third kappa shape index (κ3) is 4.02. The van der Waals surface area contributed by atoms with E-state index in [1.807, 2.05) is 18.2 Å². The molecule has 1 aromatic carbocycles. The van der Waals surface area contributed by atoms with Crippen LogP contribution < -0.4 is 5.73 Å². The van der Waals surface area contributed by atoms with Crippen molar-refractivity contribution in [3.05, 3.63) is 51.2 Å². The first-order valence-corrected chi connectivity index (χ1v) is 7.10. The first kappa shape index (κ1) is 13.4. The molecule has 1 heterocycles. The van der Waals surface area contributed by atoms with E-state index in [0.29, 0.717) is 0 Å². The van der Waals surface area contributed by atoms with Gasteiger partial charge in [-0.1, -0.05) is 23.7 Å². The lowest BCUT2D eigenvalue weighted by Gasteiger charge is -2.15. The summed E-state index contributed by atoms with van der Waals surface area (Å²) >= 11 is 7.57. The summed E-state index contributed by atoms with van der Waals surface area (Å²) in [6.07, 6.45) is 1.04. The van der Waals surface area contributed by atoms with Crippen LogP contribution in [0.2, 0.25) is 4.34 Å². The molecule has 0 radical (unpaired) electrons. The zero-order valence-corrected chi connectivity index (χ0v) is 12.0. The highest BCUT2D eigenvalue weighted by Crippen LogP contribution is 2.22. The summed E-state index contributed by atoms with van der Waals surface area (Å²) in [6, 6.07) is 12.1. The van der Waals surface area contributed by atoms with Gasteiger partial charge in [0.25, 0.3) is 0 Å². The van der Waals surface area contributed by atoms with Gasteiger partial charge in [0.1, 0.15) is 0 Å². The van der Waals surface area contributed by atoms with Gasteiger partial charge in [0.05, 0.1) is 4.34 Å².